The van der Waals surface area contributed by atoms with Crippen LogP contribution >= 0.6 is 0 Å². The van der Waals surface area contributed by atoms with E-state index in [4.69, 9.17) is 0 Å². The maximum atomic E-state index is 12.1. The Morgan fingerprint density at radius 1 is 1.26 bits per heavy atom. The highest BCUT2D eigenvalue weighted by molar-refractivity contribution is 5.78. The lowest BCUT2D eigenvalue weighted by Gasteiger charge is -2.27. The number of aliphatic carboxylic acids is 1. The second kappa shape index (κ2) is 7.00. The van der Waals surface area contributed by atoms with Gasteiger partial charge in [0.15, 0.2) is 0 Å². The molecule has 0 bridgehead atoms. The Balaban J connectivity index is 1.99. The summed E-state index contributed by atoms with van der Waals surface area (Å²) < 4.78 is 0. The average Bonchev–Trinajstić information content (AvgIpc) is 2.84. The molecule has 23 heavy (non-hydrogen) atoms. The van der Waals surface area contributed by atoms with E-state index in [0.717, 1.165) is 11.1 Å². The molecule has 1 aliphatic rings. The second-order valence-electron chi connectivity index (χ2n) is 6.07. The molecule has 2 rings (SSSR count). The fraction of sp³-hybridized carbons (Fsp3) is 0.529. The summed E-state index contributed by atoms with van der Waals surface area (Å²) in [6.45, 7) is 3.66. The number of carboxylic acids is 1. The molecule has 4 N–H and O–H groups in total. The molecule has 6 nitrogen and oxygen atoms in total. The van der Waals surface area contributed by atoms with Crippen LogP contribution in [0.1, 0.15) is 43.9 Å². The van der Waals surface area contributed by atoms with Crippen molar-refractivity contribution in [3.8, 4) is 0 Å². The van der Waals surface area contributed by atoms with Crippen molar-refractivity contribution in [3.63, 3.8) is 0 Å². The number of aliphatic hydroxyl groups is 1. The number of carbonyl (C=O) groups is 2. The molecule has 1 aliphatic carbocycles. The Morgan fingerprint density at radius 3 is 2.52 bits per heavy atom. The number of hydrogen-bond donors (Lipinski definition) is 4. The van der Waals surface area contributed by atoms with Gasteiger partial charge in [-0.25, -0.2) is 4.79 Å². The number of carbonyl (C=O) groups excluding carboxylic acids is 1. The van der Waals surface area contributed by atoms with Gasteiger partial charge in [0.1, 0.15) is 0 Å². The Labute approximate surface area is 135 Å². The van der Waals surface area contributed by atoms with Gasteiger partial charge < -0.3 is 20.8 Å². The highest BCUT2D eigenvalue weighted by Crippen LogP contribution is 2.31. The van der Waals surface area contributed by atoms with Crippen LogP contribution in [-0.2, 0) is 11.2 Å². The third-order valence-electron chi connectivity index (χ3n) is 4.89. The molecule has 0 aromatic heterocycles. The standard InChI is InChI=1S/C17H24N2O4/c1-3-17(4-2,15(21)22)10-18-16(23)19-14-12-8-6-5-7-11(12)9-13(14)20/h5-8,13-14,20H,3-4,9-10H2,1-2H3,(H,21,22)(H2,18,19,23)/t13-,14+/m1/s1. The van der Waals surface area contributed by atoms with E-state index >= 15 is 0 Å². The minimum absolute atomic E-state index is 0.0611. The molecular formula is C17H24N2O4. The summed E-state index contributed by atoms with van der Waals surface area (Å²) in [6.07, 6.45) is 0.714. The molecule has 1 aromatic rings. The predicted octanol–water partition coefficient (Wildman–Crippen LogP) is 1.83. The molecule has 0 heterocycles. The fourth-order valence-corrected chi connectivity index (χ4v) is 3.07. The molecule has 0 unspecified atom stereocenters. The van der Waals surface area contributed by atoms with Crippen LogP contribution in [0.2, 0.25) is 0 Å². The summed E-state index contributed by atoms with van der Waals surface area (Å²) >= 11 is 0. The van der Waals surface area contributed by atoms with E-state index in [1.165, 1.54) is 0 Å². The number of amides is 2. The lowest BCUT2D eigenvalue weighted by atomic mass is 9.82. The maximum Gasteiger partial charge on any atom is 0.315 e. The number of rotatable bonds is 6. The first kappa shape index (κ1) is 17.3. The van der Waals surface area contributed by atoms with Crippen LogP contribution in [0.4, 0.5) is 4.79 Å². The van der Waals surface area contributed by atoms with Gasteiger partial charge in [0.05, 0.1) is 17.6 Å². The zero-order valence-electron chi connectivity index (χ0n) is 13.5. The summed E-state index contributed by atoms with van der Waals surface area (Å²) in [4.78, 5) is 23.6. The van der Waals surface area contributed by atoms with Crippen molar-refractivity contribution in [1.29, 1.82) is 0 Å². The molecule has 6 heteroatoms. The molecule has 0 saturated carbocycles. The summed E-state index contributed by atoms with van der Waals surface area (Å²) in [5.74, 6) is -0.908. The van der Waals surface area contributed by atoms with Crippen molar-refractivity contribution in [1.82, 2.24) is 10.6 Å². The third-order valence-corrected chi connectivity index (χ3v) is 4.89. The summed E-state index contributed by atoms with van der Waals surface area (Å²) in [7, 11) is 0. The topological polar surface area (TPSA) is 98.7 Å². The fourth-order valence-electron chi connectivity index (χ4n) is 3.07. The second-order valence-corrected chi connectivity index (χ2v) is 6.07. The number of benzene rings is 1. The number of urea groups is 1. The smallest absolute Gasteiger partial charge is 0.315 e. The molecule has 2 atom stereocenters. The van der Waals surface area contributed by atoms with Gasteiger partial charge in [-0.05, 0) is 24.0 Å². The number of nitrogens with one attached hydrogen (secondary N) is 2. The van der Waals surface area contributed by atoms with E-state index in [9.17, 15) is 19.8 Å². The SMILES string of the molecule is CCC(CC)(CNC(=O)N[C@H]1c2ccccc2C[C@H]1O)C(=O)O. The van der Waals surface area contributed by atoms with Gasteiger partial charge in [-0.1, -0.05) is 38.1 Å². The van der Waals surface area contributed by atoms with E-state index in [1.807, 2.05) is 24.3 Å². The quantitative estimate of drug-likeness (QED) is 0.642. The van der Waals surface area contributed by atoms with Gasteiger partial charge in [0.25, 0.3) is 0 Å². The van der Waals surface area contributed by atoms with Crippen molar-refractivity contribution < 1.29 is 19.8 Å². The van der Waals surface area contributed by atoms with Gasteiger partial charge >= 0.3 is 12.0 Å². The average molecular weight is 320 g/mol. The summed E-state index contributed by atoms with van der Waals surface area (Å²) in [5.41, 5.74) is 0.974. The normalized spacial score (nSPS) is 20.0. The largest absolute Gasteiger partial charge is 0.481 e. The first-order valence-corrected chi connectivity index (χ1v) is 7.97. The molecular weight excluding hydrogens is 296 g/mol. The number of carboxylic acid groups (broad SMARTS) is 1. The molecule has 126 valence electrons. The molecule has 0 spiro atoms. The first-order chi connectivity index (χ1) is 10.9. The van der Waals surface area contributed by atoms with Crippen LogP contribution in [-0.4, -0.2) is 34.9 Å². The van der Waals surface area contributed by atoms with Crippen molar-refractivity contribution in [3.05, 3.63) is 35.4 Å². The summed E-state index contributed by atoms with van der Waals surface area (Å²) in [5, 5.41) is 24.9. The van der Waals surface area contributed by atoms with Crippen molar-refractivity contribution in [2.24, 2.45) is 5.41 Å². The molecule has 0 aliphatic heterocycles. The monoisotopic (exact) mass is 320 g/mol. The van der Waals surface area contributed by atoms with Crippen LogP contribution in [0, 0.1) is 5.41 Å². The van der Waals surface area contributed by atoms with Crippen LogP contribution in [0.5, 0.6) is 0 Å². The van der Waals surface area contributed by atoms with E-state index in [1.54, 1.807) is 13.8 Å². The number of hydrogen-bond acceptors (Lipinski definition) is 3. The van der Waals surface area contributed by atoms with Gasteiger partial charge in [-0.15, -0.1) is 0 Å². The van der Waals surface area contributed by atoms with Gasteiger partial charge in [0, 0.05) is 13.0 Å². The lowest BCUT2D eigenvalue weighted by molar-refractivity contribution is -0.149. The minimum atomic E-state index is -0.955. The van der Waals surface area contributed by atoms with Crippen LogP contribution in [0.3, 0.4) is 0 Å². The predicted molar refractivity (Wildman–Crippen MR) is 86.1 cm³/mol. The minimum Gasteiger partial charge on any atom is -0.481 e. The zero-order chi connectivity index (χ0) is 17.0. The molecule has 0 fully saturated rings. The number of aliphatic hydroxyl groups excluding tert-OH is 1. The van der Waals surface area contributed by atoms with Gasteiger partial charge in [-0.3, -0.25) is 4.79 Å². The van der Waals surface area contributed by atoms with Gasteiger partial charge in [-0.2, -0.15) is 0 Å². The van der Waals surface area contributed by atoms with Gasteiger partial charge in [0.2, 0.25) is 0 Å². The van der Waals surface area contributed by atoms with E-state index in [0.29, 0.717) is 19.3 Å². The third kappa shape index (κ3) is 3.47. The lowest BCUT2D eigenvalue weighted by Crippen LogP contribution is -2.47. The highest BCUT2D eigenvalue weighted by atomic mass is 16.4. The molecule has 0 radical (unpaired) electrons. The summed E-state index contributed by atoms with van der Waals surface area (Å²) in [6, 6.07) is 6.66. The van der Waals surface area contributed by atoms with Crippen LogP contribution in [0.15, 0.2) is 24.3 Å². The molecule has 2 amide bonds. The molecule has 1 aromatic carbocycles. The van der Waals surface area contributed by atoms with E-state index < -0.39 is 29.6 Å². The Bertz CT molecular complexity index is 584. The van der Waals surface area contributed by atoms with E-state index in [2.05, 4.69) is 10.6 Å². The van der Waals surface area contributed by atoms with E-state index in [-0.39, 0.29) is 6.54 Å². The van der Waals surface area contributed by atoms with Crippen molar-refractivity contribution >= 4 is 12.0 Å². The maximum absolute atomic E-state index is 12.1. The first-order valence-electron chi connectivity index (χ1n) is 7.97. The van der Waals surface area contributed by atoms with Crippen LogP contribution in [0.25, 0.3) is 0 Å². The Kier molecular flexibility index (Phi) is 5.26. The Morgan fingerprint density at radius 2 is 1.91 bits per heavy atom. The number of fused-ring (bicyclic) bond motifs is 1. The molecule has 0 saturated heterocycles. The van der Waals surface area contributed by atoms with Crippen LogP contribution < -0.4 is 10.6 Å². The Hall–Kier alpha value is -2.08. The zero-order valence-corrected chi connectivity index (χ0v) is 13.5. The van der Waals surface area contributed by atoms with Crippen molar-refractivity contribution in [2.45, 2.75) is 45.3 Å². The van der Waals surface area contributed by atoms with Crippen molar-refractivity contribution in [2.75, 3.05) is 6.54 Å². The highest BCUT2D eigenvalue weighted by Gasteiger charge is 2.36.